The number of thiol groups is 2. The molecule has 9 heteroatoms. The van der Waals surface area contributed by atoms with E-state index < -0.39 is 12.1 Å². The predicted molar refractivity (Wildman–Crippen MR) is 90.2 cm³/mol. The summed E-state index contributed by atoms with van der Waals surface area (Å²) in [6.07, 6.45) is -1.11. The number of hydrogen-bond donors (Lipinski definition) is 4. The molecule has 0 saturated heterocycles. The van der Waals surface area contributed by atoms with Gasteiger partial charge in [-0.25, -0.2) is 4.79 Å². The molecule has 0 radical (unpaired) electrons. The summed E-state index contributed by atoms with van der Waals surface area (Å²) in [5.74, 6) is -1.18. The van der Waals surface area contributed by atoms with Gasteiger partial charge in [0.25, 0.3) is 0 Å². The monoisotopic (exact) mass is 346 g/mol. The second-order valence-corrected chi connectivity index (χ2v) is 8.37. The molecule has 0 saturated carbocycles. The molecule has 3 unspecified atom stereocenters. The maximum atomic E-state index is 10.5. The van der Waals surface area contributed by atoms with Crippen molar-refractivity contribution in [3.63, 3.8) is 0 Å². The van der Waals surface area contributed by atoms with Crippen molar-refractivity contribution in [2.75, 3.05) is 32.8 Å². The Kier molecular flexibility index (Phi) is 10.9. The number of aliphatic carboxylic acids is 1. The first-order chi connectivity index (χ1) is 8.75. The van der Waals surface area contributed by atoms with Gasteiger partial charge in [-0.2, -0.15) is 0 Å². The molecule has 0 fully saturated rings. The average molecular weight is 347 g/mol. The zero-order valence-electron chi connectivity index (χ0n) is 11.3. The van der Waals surface area contributed by atoms with Gasteiger partial charge in [0.1, 0.15) is 9.41 Å². The maximum absolute atomic E-state index is 10.5. The fourth-order valence-electron chi connectivity index (χ4n) is 0.997. The van der Waals surface area contributed by atoms with Crippen molar-refractivity contribution in [2.24, 2.45) is 0 Å². The molecule has 0 bridgehead atoms. The molecule has 0 aliphatic rings. The Bertz CT molecular complexity index is 271. The molecule has 19 heavy (non-hydrogen) atoms. The number of carboxylic acids is 1. The normalized spacial score (nSPS) is 16.6. The molecule has 0 amide bonds. The van der Waals surface area contributed by atoms with Crippen LogP contribution in [0.1, 0.15) is 6.42 Å². The van der Waals surface area contributed by atoms with Crippen LogP contribution in [0.3, 0.4) is 0 Å². The quantitative estimate of drug-likeness (QED) is 0.350. The van der Waals surface area contributed by atoms with Gasteiger partial charge in [-0.3, -0.25) is 9.80 Å². The molecule has 0 aromatic carbocycles. The summed E-state index contributed by atoms with van der Waals surface area (Å²) in [7, 11) is 5.79. The van der Waals surface area contributed by atoms with Gasteiger partial charge in [-0.05, 0) is 27.6 Å². The highest BCUT2D eigenvalue weighted by Crippen LogP contribution is 2.27. The summed E-state index contributed by atoms with van der Waals surface area (Å²) < 4.78 is 0.114. The average Bonchev–Trinajstić information content (AvgIpc) is 2.34. The molecule has 0 rings (SSSR count). The molecule has 0 aliphatic heterocycles. The zero-order chi connectivity index (χ0) is 15.0. The lowest BCUT2D eigenvalue weighted by Crippen LogP contribution is -2.31. The Morgan fingerprint density at radius 3 is 2.21 bits per heavy atom. The second kappa shape index (κ2) is 10.5. The van der Waals surface area contributed by atoms with Crippen molar-refractivity contribution in [1.82, 2.24) is 9.80 Å². The summed E-state index contributed by atoms with van der Waals surface area (Å²) in [6.45, 7) is 0.483. The third-order valence-corrected chi connectivity index (χ3v) is 6.51. The lowest BCUT2D eigenvalue weighted by Gasteiger charge is -2.25. The van der Waals surface area contributed by atoms with Crippen LogP contribution < -0.4 is 0 Å². The van der Waals surface area contributed by atoms with Gasteiger partial charge in [0.05, 0.1) is 0 Å². The molecule has 114 valence electrons. The second-order valence-electron chi connectivity index (χ2n) is 4.19. The summed E-state index contributed by atoms with van der Waals surface area (Å²) in [5, 5.41) is 18.6. The Hall–Kier alpha value is 0.750. The number of carboxylic acid groups (broad SMARTS) is 1. The number of hydrogen-bond acceptors (Lipinski definition) is 8. The first-order valence-corrected chi connectivity index (χ1v) is 8.75. The van der Waals surface area contributed by atoms with E-state index in [0.717, 1.165) is 5.08 Å². The van der Waals surface area contributed by atoms with Crippen molar-refractivity contribution >= 4 is 54.8 Å². The highest BCUT2D eigenvalue weighted by atomic mass is 32.2. The van der Waals surface area contributed by atoms with E-state index in [4.69, 9.17) is 5.11 Å². The minimum Gasteiger partial charge on any atom is -0.479 e. The molecule has 5 nitrogen and oxygen atoms in total. The third-order valence-electron chi connectivity index (χ3n) is 2.29. The molecule has 0 aromatic heterocycles. The molecule has 0 aromatic rings. The van der Waals surface area contributed by atoms with Crippen molar-refractivity contribution in [3.8, 4) is 0 Å². The van der Waals surface area contributed by atoms with Crippen molar-refractivity contribution in [3.05, 3.63) is 0 Å². The first kappa shape index (κ1) is 19.8. The van der Waals surface area contributed by atoms with Crippen LogP contribution in [0.15, 0.2) is 0 Å². The summed E-state index contributed by atoms with van der Waals surface area (Å²) >= 11 is 12.2. The van der Waals surface area contributed by atoms with Crippen molar-refractivity contribution in [1.29, 1.82) is 0 Å². The topological polar surface area (TPSA) is 64.0 Å². The first-order valence-electron chi connectivity index (χ1n) is 5.62. The SMILES string of the molecule is CN(C)C(S)SCSC(S)N(C)CCC(O)C(=O)O. The largest absolute Gasteiger partial charge is 0.479 e. The smallest absolute Gasteiger partial charge is 0.332 e. The van der Waals surface area contributed by atoms with Gasteiger partial charge in [0.15, 0.2) is 6.10 Å². The van der Waals surface area contributed by atoms with Crippen LogP contribution in [0.5, 0.6) is 0 Å². The van der Waals surface area contributed by atoms with Crippen molar-refractivity contribution < 1.29 is 15.0 Å². The zero-order valence-corrected chi connectivity index (χ0v) is 14.7. The lowest BCUT2D eigenvalue weighted by atomic mass is 10.2. The molecular formula is C10H22N2O3S4. The number of carbonyl (C=O) groups is 1. The number of aliphatic hydroxyl groups excluding tert-OH is 1. The van der Waals surface area contributed by atoms with Gasteiger partial charge < -0.3 is 10.2 Å². The fourth-order valence-corrected chi connectivity index (χ4v) is 4.15. The molecule has 0 aliphatic carbocycles. The van der Waals surface area contributed by atoms with E-state index in [2.05, 4.69) is 25.3 Å². The number of thioether (sulfide) groups is 2. The molecule has 2 N–H and O–H groups in total. The molecule has 0 heterocycles. The lowest BCUT2D eigenvalue weighted by molar-refractivity contribution is -0.147. The fraction of sp³-hybridized carbons (Fsp3) is 0.900. The molecular weight excluding hydrogens is 324 g/mol. The van der Waals surface area contributed by atoms with Gasteiger partial charge in [-0.15, -0.1) is 48.8 Å². The van der Waals surface area contributed by atoms with Gasteiger partial charge in [0.2, 0.25) is 0 Å². The minimum atomic E-state index is -1.31. The van der Waals surface area contributed by atoms with E-state index >= 15 is 0 Å². The highest BCUT2D eigenvalue weighted by molar-refractivity contribution is 8.23. The minimum absolute atomic E-state index is 0.0313. The van der Waals surface area contributed by atoms with Crippen LogP contribution in [0.4, 0.5) is 0 Å². The van der Waals surface area contributed by atoms with E-state index in [1.165, 1.54) is 0 Å². The van der Waals surface area contributed by atoms with Gasteiger partial charge in [0, 0.05) is 11.6 Å². The standard InChI is InChI=1S/C10H22N2O3S4/c1-11(2)9(16)18-6-19-10(17)12(3)5-4-7(13)8(14)15/h7,9-10,13,16-17H,4-6H2,1-3H3,(H,14,15). The summed E-state index contributed by atoms with van der Waals surface area (Å²) in [6, 6.07) is 0. The number of nitrogens with zero attached hydrogens (tertiary/aromatic N) is 2. The van der Waals surface area contributed by atoms with E-state index in [1.807, 2.05) is 30.9 Å². The van der Waals surface area contributed by atoms with Crippen LogP contribution >= 0.6 is 48.8 Å². The van der Waals surface area contributed by atoms with E-state index in [-0.39, 0.29) is 15.8 Å². The van der Waals surface area contributed by atoms with Crippen LogP contribution in [0, 0.1) is 0 Å². The Morgan fingerprint density at radius 2 is 1.74 bits per heavy atom. The van der Waals surface area contributed by atoms with Crippen LogP contribution in [-0.4, -0.2) is 74.3 Å². The van der Waals surface area contributed by atoms with Gasteiger partial charge >= 0.3 is 5.97 Å². The van der Waals surface area contributed by atoms with E-state index in [1.54, 1.807) is 23.5 Å². The Labute approximate surface area is 134 Å². The van der Waals surface area contributed by atoms with Crippen LogP contribution in [-0.2, 0) is 4.79 Å². The van der Waals surface area contributed by atoms with E-state index in [9.17, 15) is 9.90 Å². The van der Waals surface area contributed by atoms with Gasteiger partial charge in [-0.1, -0.05) is 0 Å². The van der Waals surface area contributed by atoms with Crippen molar-refractivity contribution in [2.45, 2.75) is 21.9 Å². The maximum Gasteiger partial charge on any atom is 0.332 e. The van der Waals surface area contributed by atoms with Crippen LogP contribution in [0.25, 0.3) is 0 Å². The predicted octanol–water partition coefficient (Wildman–Crippen LogP) is 1.17. The highest BCUT2D eigenvalue weighted by Gasteiger charge is 2.17. The summed E-state index contributed by atoms with van der Waals surface area (Å²) in [4.78, 5) is 14.4. The Balaban J connectivity index is 3.81. The number of rotatable bonds is 10. The molecule has 3 atom stereocenters. The van der Waals surface area contributed by atoms with Crippen LogP contribution in [0.2, 0.25) is 0 Å². The Morgan fingerprint density at radius 1 is 1.21 bits per heavy atom. The number of aliphatic hydroxyl groups is 1. The van der Waals surface area contributed by atoms with E-state index in [0.29, 0.717) is 6.54 Å². The third kappa shape index (κ3) is 9.33. The summed E-state index contributed by atoms with van der Waals surface area (Å²) in [5.41, 5.74) is 0. The molecule has 0 spiro atoms.